The van der Waals surface area contributed by atoms with E-state index in [9.17, 15) is 9.59 Å². The summed E-state index contributed by atoms with van der Waals surface area (Å²) in [5, 5.41) is 3.26. The minimum atomic E-state index is -0.211. The summed E-state index contributed by atoms with van der Waals surface area (Å²) in [4.78, 5) is 32.4. The number of carbonyl (C=O) groups excluding carboxylic acids is 1. The number of anilines is 1. The second-order valence-electron chi connectivity index (χ2n) is 6.76. The maximum atomic E-state index is 13.1. The third-order valence-corrected chi connectivity index (χ3v) is 5.61. The van der Waals surface area contributed by atoms with Crippen LogP contribution in [-0.4, -0.2) is 37.6 Å². The van der Waals surface area contributed by atoms with Gasteiger partial charge in [-0.1, -0.05) is 43.9 Å². The average Bonchev–Trinajstić information content (AvgIpc) is 2.89. The third-order valence-electron chi connectivity index (χ3n) is 4.23. The number of nitrogens with zero attached hydrogens (tertiary/aromatic N) is 3. The fraction of sp³-hybridized carbons (Fsp3) is 0.368. The van der Waals surface area contributed by atoms with Gasteiger partial charge in [0.05, 0.1) is 10.5 Å². The van der Waals surface area contributed by atoms with Crippen LogP contribution in [0.2, 0.25) is 0 Å². The molecule has 0 atom stereocenters. The second kappa shape index (κ2) is 7.82. The number of hydrogen-bond acceptors (Lipinski definition) is 6. The third kappa shape index (κ3) is 3.77. The number of amides is 1. The lowest BCUT2D eigenvalue weighted by Gasteiger charge is -2.13. The lowest BCUT2D eigenvalue weighted by Crippen LogP contribution is -2.27. The van der Waals surface area contributed by atoms with Gasteiger partial charge in [0.15, 0.2) is 0 Å². The first-order chi connectivity index (χ1) is 12.8. The van der Waals surface area contributed by atoms with Crippen LogP contribution < -0.4 is 10.9 Å². The summed E-state index contributed by atoms with van der Waals surface area (Å²) in [7, 11) is 0. The van der Waals surface area contributed by atoms with E-state index in [1.807, 2.05) is 26.0 Å². The topological polar surface area (TPSA) is 66.7 Å². The van der Waals surface area contributed by atoms with Crippen molar-refractivity contribution in [2.45, 2.75) is 27.7 Å². The summed E-state index contributed by atoms with van der Waals surface area (Å²) in [6.45, 7) is 9.13. The Kier molecular flexibility index (Phi) is 5.67. The molecule has 0 aromatic carbocycles. The molecule has 142 valence electrons. The van der Waals surface area contributed by atoms with E-state index in [4.69, 9.17) is 12.2 Å². The van der Waals surface area contributed by atoms with Crippen LogP contribution in [0.3, 0.4) is 0 Å². The zero-order valence-electron chi connectivity index (χ0n) is 15.8. The smallest absolute Gasteiger partial charge is 0.267 e. The second-order valence-corrected chi connectivity index (χ2v) is 8.44. The highest BCUT2D eigenvalue weighted by atomic mass is 32.2. The Morgan fingerprint density at radius 1 is 1.37 bits per heavy atom. The highest BCUT2D eigenvalue weighted by molar-refractivity contribution is 8.26. The number of thiocarbonyl (C=S) groups is 1. The molecule has 0 radical (unpaired) electrons. The number of pyridine rings is 1. The quantitative estimate of drug-likeness (QED) is 0.611. The first-order valence-corrected chi connectivity index (χ1v) is 10.1. The van der Waals surface area contributed by atoms with E-state index in [0.29, 0.717) is 45.3 Å². The van der Waals surface area contributed by atoms with Crippen molar-refractivity contribution in [2.24, 2.45) is 5.92 Å². The predicted octanol–water partition coefficient (Wildman–Crippen LogP) is 3.29. The van der Waals surface area contributed by atoms with Gasteiger partial charge in [-0.25, -0.2) is 4.98 Å². The van der Waals surface area contributed by atoms with Crippen LogP contribution in [0.4, 0.5) is 5.82 Å². The minimum Gasteiger partial charge on any atom is -0.369 e. The van der Waals surface area contributed by atoms with E-state index < -0.39 is 0 Å². The largest absolute Gasteiger partial charge is 0.369 e. The molecule has 1 saturated heterocycles. The molecule has 0 bridgehead atoms. The standard InChI is InChI=1S/C19H22N4O2S2/c1-5-22-18(25)14(27-19(22)26)9-13-15(20-10-11(2)3)21-16-12(4)7-6-8-23(16)17(13)24/h6-9,11,20H,5,10H2,1-4H3/b14-9+. The number of carbonyl (C=O) groups is 1. The summed E-state index contributed by atoms with van der Waals surface area (Å²) in [5.41, 5.74) is 1.67. The lowest BCUT2D eigenvalue weighted by molar-refractivity contribution is -0.121. The molecule has 3 rings (SSSR count). The summed E-state index contributed by atoms with van der Waals surface area (Å²) in [6.07, 6.45) is 3.31. The summed E-state index contributed by atoms with van der Waals surface area (Å²) < 4.78 is 2.03. The SMILES string of the molecule is CCN1C(=O)/C(=C\c2c(NCC(C)C)nc3c(C)cccn3c2=O)SC1=S. The van der Waals surface area contributed by atoms with Crippen LogP contribution in [0.5, 0.6) is 0 Å². The monoisotopic (exact) mass is 402 g/mol. The van der Waals surface area contributed by atoms with Crippen molar-refractivity contribution >= 4 is 51.7 Å². The van der Waals surface area contributed by atoms with E-state index >= 15 is 0 Å². The Labute approximate surface area is 167 Å². The normalized spacial score (nSPS) is 16.2. The molecule has 0 saturated carbocycles. The van der Waals surface area contributed by atoms with E-state index in [-0.39, 0.29) is 11.5 Å². The molecule has 6 nitrogen and oxygen atoms in total. The van der Waals surface area contributed by atoms with Gasteiger partial charge in [-0.05, 0) is 37.5 Å². The Balaban J connectivity index is 2.18. The molecule has 2 aromatic rings. The van der Waals surface area contributed by atoms with Gasteiger partial charge in [-0.15, -0.1) is 0 Å². The van der Waals surface area contributed by atoms with Crippen LogP contribution in [-0.2, 0) is 4.79 Å². The van der Waals surface area contributed by atoms with Gasteiger partial charge in [-0.2, -0.15) is 0 Å². The van der Waals surface area contributed by atoms with Crippen molar-refractivity contribution in [3.05, 3.63) is 44.7 Å². The highest BCUT2D eigenvalue weighted by Crippen LogP contribution is 2.32. The fourth-order valence-electron chi connectivity index (χ4n) is 2.78. The first kappa shape index (κ1) is 19.6. The molecule has 0 aliphatic carbocycles. The molecule has 1 amide bonds. The molecular formula is C19H22N4O2S2. The molecule has 0 spiro atoms. The van der Waals surface area contributed by atoms with E-state index in [1.165, 1.54) is 21.1 Å². The molecule has 3 heterocycles. The van der Waals surface area contributed by atoms with Crippen molar-refractivity contribution < 1.29 is 4.79 Å². The molecule has 1 fully saturated rings. The number of thioether (sulfide) groups is 1. The van der Waals surface area contributed by atoms with Crippen molar-refractivity contribution in [2.75, 3.05) is 18.4 Å². The van der Waals surface area contributed by atoms with Gasteiger partial charge >= 0.3 is 0 Å². The Morgan fingerprint density at radius 2 is 2.11 bits per heavy atom. The Morgan fingerprint density at radius 3 is 2.74 bits per heavy atom. The molecule has 27 heavy (non-hydrogen) atoms. The lowest BCUT2D eigenvalue weighted by atomic mass is 10.2. The maximum absolute atomic E-state index is 13.1. The molecule has 2 aromatic heterocycles. The average molecular weight is 403 g/mol. The minimum absolute atomic E-state index is 0.170. The number of nitrogens with one attached hydrogen (secondary N) is 1. The summed E-state index contributed by atoms with van der Waals surface area (Å²) in [6, 6.07) is 3.73. The van der Waals surface area contributed by atoms with Gasteiger partial charge < -0.3 is 5.32 Å². The zero-order valence-corrected chi connectivity index (χ0v) is 17.4. The van der Waals surface area contributed by atoms with Gasteiger partial charge in [0.1, 0.15) is 15.8 Å². The van der Waals surface area contributed by atoms with Crippen molar-refractivity contribution in [1.29, 1.82) is 0 Å². The number of hydrogen-bond donors (Lipinski definition) is 1. The Bertz CT molecular complexity index is 1010. The van der Waals surface area contributed by atoms with Crippen LogP contribution >= 0.6 is 24.0 Å². The van der Waals surface area contributed by atoms with Crippen molar-refractivity contribution in [1.82, 2.24) is 14.3 Å². The molecular weight excluding hydrogens is 380 g/mol. The molecule has 0 unspecified atom stereocenters. The van der Waals surface area contributed by atoms with Crippen LogP contribution in [0.1, 0.15) is 31.9 Å². The van der Waals surface area contributed by atoms with Gasteiger partial charge in [0, 0.05) is 19.3 Å². The van der Waals surface area contributed by atoms with Gasteiger partial charge in [0.2, 0.25) is 0 Å². The number of fused-ring (bicyclic) bond motifs is 1. The maximum Gasteiger partial charge on any atom is 0.267 e. The van der Waals surface area contributed by atoms with Crippen molar-refractivity contribution in [3.8, 4) is 0 Å². The van der Waals surface area contributed by atoms with Crippen molar-refractivity contribution in [3.63, 3.8) is 0 Å². The van der Waals surface area contributed by atoms with Crippen LogP contribution in [0, 0.1) is 12.8 Å². The molecule has 1 aliphatic rings. The molecule has 1 N–H and O–H groups in total. The number of likely N-dealkylation sites (N-methyl/N-ethyl adjacent to an activating group) is 1. The summed E-state index contributed by atoms with van der Waals surface area (Å²) in [5.74, 6) is 0.703. The first-order valence-electron chi connectivity index (χ1n) is 8.84. The predicted molar refractivity (Wildman–Crippen MR) is 115 cm³/mol. The molecule has 1 aliphatic heterocycles. The van der Waals surface area contributed by atoms with Gasteiger partial charge in [0.25, 0.3) is 11.5 Å². The fourth-order valence-corrected chi connectivity index (χ4v) is 4.15. The van der Waals surface area contributed by atoms with E-state index in [2.05, 4.69) is 24.1 Å². The number of rotatable bonds is 5. The highest BCUT2D eigenvalue weighted by Gasteiger charge is 2.31. The van der Waals surface area contributed by atoms with E-state index in [1.54, 1.807) is 12.3 Å². The molecule has 8 heteroatoms. The Hall–Kier alpha value is -2.19. The number of aromatic nitrogens is 2. The van der Waals surface area contributed by atoms with Crippen LogP contribution in [0.25, 0.3) is 11.7 Å². The van der Waals surface area contributed by atoms with Crippen LogP contribution in [0.15, 0.2) is 28.0 Å². The zero-order chi connectivity index (χ0) is 19.7. The van der Waals surface area contributed by atoms with E-state index in [0.717, 1.165) is 5.56 Å². The van der Waals surface area contributed by atoms with Gasteiger partial charge in [-0.3, -0.25) is 18.9 Å². The number of aryl methyl sites for hydroxylation is 1. The summed E-state index contributed by atoms with van der Waals surface area (Å²) >= 11 is 6.48.